The summed E-state index contributed by atoms with van der Waals surface area (Å²) in [7, 11) is 0. The van der Waals surface area contributed by atoms with Crippen molar-refractivity contribution in [2.45, 2.75) is 13.1 Å². The second kappa shape index (κ2) is 7.12. The third-order valence-electron chi connectivity index (χ3n) is 3.80. The molecule has 3 rings (SSSR count). The van der Waals surface area contributed by atoms with Crippen LogP contribution in [0.2, 0.25) is 5.02 Å². The van der Waals surface area contributed by atoms with Gasteiger partial charge in [0.1, 0.15) is 28.7 Å². The molecule has 0 saturated carbocycles. The van der Waals surface area contributed by atoms with Crippen LogP contribution in [0.5, 0.6) is 0 Å². The summed E-state index contributed by atoms with van der Waals surface area (Å²) in [4.78, 5) is 16.1. The number of aryl methyl sites for hydroxylation is 1. The Morgan fingerprint density at radius 2 is 1.96 bits per heavy atom. The maximum absolute atomic E-state index is 14.1. The number of carbonyl (C=O) groups is 1. The molecule has 0 aliphatic rings. The zero-order chi connectivity index (χ0) is 20.6. The van der Waals surface area contributed by atoms with E-state index in [2.05, 4.69) is 15.4 Å². The van der Waals surface area contributed by atoms with Gasteiger partial charge in [-0.15, -0.1) is 0 Å². The van der Waals surface area contributed by atoms with Gasteiger partial charge >= 0.3 is 6.18 Å². The summed E-state index contributed by atoms with van der Waals surface area (Å²) in [5, 5.41) is 6.42. The minimum absolute atomic E-state index is 0.0329. The van der Waals surface area contributed by atoms with Crippen LogP contribution in [0.25, 0.3) is 5.69 Å². The number of amides is 1. The molecule has 146 valence electrons. The fourth-order valence-corrected chi connectivity index (χ4v) is 2.74. The van der Waals surface area contributed by atoms with Gasteiger partial charge in [0.25, 0.3) is 5.91 Å². The lowest BCUT2D eigenvalue weighted by molar-refractivity contribution is -0.137. The molecule has 6 nitrogen and oxygen atoms in total. The van der Waals surface area contributed by atoms with Gasteiger partial charge < -0.3 is 11.1 Å². The standard InChI is InChI=1S/C17H12ClF4N5O/c1-8-13(15(23)27(26-8)14-10(18)3-2-4-11(14)19)16(28)25-12-6-5-9(7-24-12)17(20,21)22/h2-7H,23H2,1H3,(H,24,25,28). The van der Waals surface area contributed by atoms with Crippen molar-refractivity contribution >= 4 is 29.1 Å². The van der Waals surface area contributed by atoms with Crippen LogP contribution in [0, 0.1) is 12.7 Å². The lowest BCUT2D eigenvalue weighted by Crippen LogP contribution is -2.16. The minimum Gasteiger partial charge on any atom is -0.383 e. The molecule has 0 aliphatic carbocycles. The number of hydrogen-bond acceptors (Lipinski definition) is 4. The van der Waals surface area contributed by atoms with Crippen molar-refractivity contribution in [2.75, 3.05) is 11.1 Å². The normalized spacial score (nSPS) is 11.5. The van der Waals surface area contributed by atoms with Crippen LogP contribution >= 0.6 is 11.6 Å². The molecule has 1 aromatic carbocycles. The monoisotopic (exact) mass is 413 g/mol. The van der Waals surface area contributed by atoms with Gasteiger partial charge in [-0.2, -0.15) is 18.3 Å². The Hall–Kier alpha value is -3.14. The molecule has 1 amide bonds. The van der Waals surface area contributed by atoms with Crippen molar-refractivity contribution in [1.82, 2.24) is 14.8 Å². The Kier molecular flexibility index (Phi) is 4.99. The van der Waals surface area contributed by atoms with E-state index in [0.717, 1.165) is 22.9 Å². The summed E-state index contributed by atoms with van der Waals surface area (Å²) in [6, 6.07) is 5.77. The number of carbonyl (C=O) groups excluding carboxylic acids is 1. The van der Waals surface area contributed by atoms with E-state index in [0.29, 0.717) is 6.20 Å². The number of aromatic nitrogens is 3. The van der Waals surface area contributed by atoms with Crippen molar-refractivity contribution in [2.24, 2.45) is 0 Å². The average Bonchev–Trinajstić information content (AvgIpc) is 2.89. The smallest absolute Gasteiger partial charge is 0.383 e. The van der Waals surface area contributed by atoms with Gasteiger partial charge in [-0.25, -0.2) is 14.1 Å². The van der Waals surface area contributed by atoms with Crippen LogP contribution in [0.3, 0.4) is 0 Å². The van der Waals surface area contributed by atoms with Gasteiger partial charge in [-0.05, 0) is 31.2 Å². The van der Waals surface area contributed by atoms with E-state index < -0.39 is 23.5 Å². The molecule has 0 spiro atoms. The number of anilines is 2. The quantitative estimate of drug-likeness (QED) is 0.629. The number of nitrogen functional groups attached to an aromatic ring is 1. The first-order valence-electron chi connectivity index (χ1n) is 7.73. The van der Waals surface area contributed by atoms with Crippen molar-refractivity contribution in [3.63, 3.8) is 0 Å². The lowest BCUT2D eigenvalue weighted by Gasteiger charge is -2.09. The number of rotatable bonds is 3. The molecular weight excluding hydrogens is 402 g/mol. The van der Waals surface area contributed by atoms with E-state index in [1.165, 1.54) is 19.1 Å². The fourth-order valence-electron chi connectivity index (χ4n) is 2.50. The number of nitrogens with zero attached hydrogens (tertiary/aromatic N) is 3. The third kappa shape index (κ3) is 3.63. The molecule has 2 aromatic heterocycles. The van der Waals surface area contributed by atoms with Gasteiger partial charge in [-0.3, -0.25) is 4.79 Å². The number of alkyl halides is 3. The Labute approximate surface area is 160 Å². The summed E-state index contributed by atoms with van der Waals surface area (Å²) in [5.74, 6) is -1.76. The van der Waals surface area contributed by atoms with E-state index in [-0.39, 0.29) is 33.6 Å². The average molecular weight is 414 g/mol. The van der Waals surface area contributed by atoms with Crippen LogP contribution in [0.1, 0.15) is 21.6 Å². The van der Waals surface area contributed by atoms with Crippen LogP contribution < -0.4 is 11.1 Å². The molecule has 0 bridgehead atoms. The highest BCUT2D eigenvalue weighted by Crippen LogP contribution is 2.30. The number of halogens is 5. The van der Waals surface area contributed by atoms with E-state index in [1.807, 2.05) is 0 Å². The van der Waals surface area contributed by atoms with Gasteiger partial charge in [-0.1, -0.05) is 17.7 Å². The predicted molar refractivity (Wildman–Crippen MR) is 94.9 cm³/mol. The summed E-state index contributed by atoms with van der Waals surface area (Å²) in [6.45, 7) is 1.47. The first kappa shape index (κ1) is 19.6. The summed E-state index contributed by atoms with van der Waals surface area (Å²) >= 11 is 6.00. The van der Waals surface area contributed by atoms with Gasteiger partial charge in [0.05, 0.1) is 16.3 Å². The zero-order valence-corrected chi connectivity index (χ0v) is 14.9. The molecule has 0 fully saturated rings. The molecule has 2 heterocycles. The van der Waals surface area contributed by atoms with E-state index in [9.17, 15) is 22.4 Å². The molecule has 0 atom stereocenters. The predicted octanol–water partition coefficient (Wildman–Crippen LogP) is 4.22. The Bertz CT molecular complexity index is 1030. The van der Waals surface area contributed by atoms with Crippen molar-refractivity contribution in [3.8, 4) is 5.69 Å². The number of para-hydroxylation sites is 1. The molecule has 0 saturated heterocycles. The highest BCUT2D eigenvalue weighted by atomic mass is 35.5. The SMILES string of the molecule is Cc1nn(-c2c(F)cccc2Cl)c(N)c1C(=O)Nc1ccc(C(F)(F)F)cn1. The second-order valence-electron chi connectivity index (χ2n) is 5.71. The van der Waals surface area contributed by atoms with Crippen LogP contribution in [-0.4, -0.2) is 20.7 Å². The molecular formula is C17H12ClF4N5O. The number of nitrogens with two attached hydrogens (primary N) is 1. The minimum atomic E-state index is -4.54. The topological polar surface area (TPSA) is 85.8 Å². The van der Waals surface area contributed by atoms with E-state index >= 15 is 0 Å². The summed E-state index contributed by atoms with van der Waals surface area (Å²) in [6.07, 6.45) is -3.95. The molecule has 0 aliphatic heterocycles. The lowest BCUT2D eigenvalue weighted by atomic mass is 10.2. The van der Waals surface area contributed by atoms with Gasteiger partial charge in [0, 0.05) is 6.20 Å². The number of benzene rings is 1. The maximum Gasteiger partial charge on any atom is 0.417 e. The number of pyridine rings is 1. The molecule has 3 aromatic rings. The van der Waals surface area contributed by atoms with Crippen molar-refractivity contribution < 1.29 is 22.4 Å². The molecule has 0 unspecified atom stereocenters. The Morgan fingerprint density at radius 1 is 1.25 bits per heavy atom. The van der Waals surface area contributed by atoms with Crippen LogP contribution in [-0.2, 0) is 6.18 Å². The van der Waals surface area contributed by atoms with Crippen LogP contribution in [0.15, 0.2) is 36.5 Å². The van der Waals surface area contributed by atoms with E-state index in [1.54, 1.807) is 0 Å². The fraction of sp³-hybridized carbons (Fsp3) is 0.118. The van der Waals surface area contributed by atoms with Crippen molar-refractivity contribution in [3.05, 3.63) is 64.2 Å². The highest BCUT2D eigenvalue weighted by molar-refractivity contribution is 6.32. The molecule has 0 radical (unpaired) electrons. The van der Waals surface area contributed by atoms with Gasteiger partial charge in [0.15, 0.2) is 0 Å². The summed E-state index contributed by atoms with van der Waals surface area (Å²) < 4.78 is 52.9. The zero-order valence-electron chi connectivity index (χ0n) is 14.2. The van der Waals surface area contributed by atoms with Crippen molar-refractivity contribution in [1.29, 1.82) is 0 Å². The highest BCUT2D eigenvalue weighted by Gasteiger charge is 2.31. The summed E-state index contributed by atoms with van der Waals surface area (Å²) in [5.41, 5.74) is 4.96. The first-order valence-corrected chi connectivity index (χ1v) is 8.11. The first-order chi connectivity index (χ1) is 13.1. The molecule has 3 N–H and O–H groups in total. The largest absolute Gasteiger partial charge is 0.417 e. The number of nitrogens with one attached hydrogen (secondary N) is 1. The van der Waals surface area contributed by atoms with Gasteiger partial charge in [0.2, 0.25) is 0 Å². The number of hydrogen-bond donors (Lipinski definition) is 2. The van der Waals surface area contributed by atoms with Crippen LogP contribution in [0.4, 0.5) is 29.2 Å². The Balaban J connectivity index is 1.92. The second-order valence-corrected chi connectivity index (χ2v) is 6.12. The molecule has 28 heavy (non-hydrogen) atoms. The molecule has 11 heteroatoms. The third-order valence-corrected chi connectivity index (χ3v) is 4.11. The Morgan fingerprint density at radius 3 is 2.54 bits per heavy atom. The maximum atomic E-state index is 14.1. The van der Waals surface area contributed by atoms with E-state index in [4.69, 9.17) is 17.3 Å².